The standard InChI is InChI=1S/C16H19N5O.C16H20N4O.C15H19N5.C10H11N3/c1-20-6-8-21(9-7-20)16(22)15-3-2-12(10-19-15)13-4-5-18-11-14(13)17;1-11-13(14-5-7-18-9-15(14)17)3-4-16(19-11)21-12-6-8-20(2)10-12;1-19-6-8-20(9-7-19)15-3-2-12(10-18-15)13-4-5-17-11-14(13)16;1-13-6-2-3-10(13)8-4-5-12-7-9(8)11/h2-5,10-11H,6-9,17H2,1H3;3-5,7,9,12H,6,8,10,17H2,1-2H3;2-5,10-11H,6-9,16H2,1H3;2-7H,11H2,1H3/t;12-;;/m.0../s1. The van der Waals surface area contributed by atoms with E-state index in [9.17, 15) is 4.79 Å². The van der Waals surface area contributed by atoms with E-state index in [0.29, 0.717) is 34.3 Å². The molecular weight excluding hydrogens is 955 g/mol. The Balaban J connectivity index is 0.000000136. The van der Waals surface area contributed by atoms with Gasteiger partial charge in [-0.15, -0.1) is 0 Å². The van der Waals surface area contributed by atoms with Crippen molar-refractivity contribution < 1.29 is 9.53 Å². The number of aromatic nitrogens is 8. The average molecular weight is 1020 g/mol. The molecule has 8 aromatic heterocycles. The van der Waals surface area contributed by atoms with Crippen molar-refractivity contribution in [3.05, 3.63) is 152 Å². The number of ether oxygens (including phenoxy) is 1. The van der Waals surface area contributed by atoms with Crippen molar-refractivity contribution in [2.75, 3.05) is 114 Å². The van der Waals surface area contributed by atoms with Gasteiger partial charge < -0.3 is 56.7 Å². The molecular formula is C57H69N17O2. The van der Waals surface area contributed by atoms with Crippen LogP contribution in [0.3, 0.4) is 0 Å². The maximum Gasteiger partial charge on any atom is 0.272 e. The minimum absolute atomic E-state index is 0.0117. The zero-order valence-corrected chi connectivity index (χ0v) is 44.1. The third-order valence-electron chi connectivity index (χ3n) is 13.6. The molecule has 1 amide bonds. The molecule has 76 heavy (non-hydrogen) atoms. The van der Waals surface area contributed by atoms with E-state index in [1.807, 2.05) is 90.4 Å². The number of carbonyl (C=O) groups excluding carboxylic acids is 1. The van der Waals surface area contributed by atoms with Gasteiger partial charge in [0.25, 0.3) is 5.91 Å². The molecule has 19 heteroatoms. The summed E-state index contributed by atoms with van der Waals surface area (Å²) in [6.45, 7) is 11.5. The molecule has 3 aliphatic rings. The van der Waals surface area contributed by atoms with E-state index in [2.05, 4.69) is 87.8 Å². The Kier molecular flexibility index (Phi) is 18.1. The fourth-order valence-electron chi connectivity index (χ4n) is 9.04. The highest BCUT2D eigenvalue weighted by molar-refractivity contribution is 5.93. The fraction of sp³-hybridized carbons (Fsp3) is 0.298. The highest BCUT2D eigenvalue weighted by atomic mass is 16.5. The van der Waals surface area contributed by atoms with Crippen LogP contribution in [0.4, 0.5) is 28.6 Å². The normalized spacial score (nSPS) is 15.8. The van der Waals surface area contributed by atoms with Gasteiger partial charge in [0.05, 0.1) is 47.5 Å². The van der Waals surface area contributed by atoms with Gasteiger partial charge in [0.15, 0.2) is 0 Å². The van der Waals surface area contributed by atoms with E-state index in [1.54, 1.807) is 61.8 Å². The van der Waals surface area contributed by atoms with Gasteiger partial charge in [-0.25, -0.2) is 9.97 Å². The summed E-state index contributed by atoms with van der Waals surface area (Å²) in [5.74, 6) is 1.71. The van der Waals surface area contributed by atoms with Gasteiger partial charge in [-0.3, -0.25) is 29.7 Å². The molecule has 0 saturated carbocycles. The highest BCUT2D eigenvalue weighted by Crippen LogP contribution is 2.30. The van der Waals surface area contributed by atoms with Crippen LogP contribution in [0.15, 0.2) is 141 Å². The number of nitrogens with two attached hydrogens (primary N) is 4. The van der Waals surface area contributed by atoms with Crippen LogP contribution in [-0.4, -0.2) is 158 Å². The van der Waals surface area contributed by atoms with Crippen molar-refractivity contribution in [3.63, 3.8) is 0 Å². The number of hydrogen-bond donors (Lipinski definition) is 4. The van der Waals surface area contributed by atoms with Gasteiger partial charge in [0, 0.05) is 172 Å². The Bertz CT molecular complexity index is 3130. The van der Waals surface area contributed by atoms with Crippen LogP contribution in [0, 0.1) is 6.92 Å². The van der Waals surface area contributed by atoms with Gasteiger partial charge in [-0.1, -0.05) is 6.07 Å². The Hall–Kier alpha value is -8.52. The minimum atomic E-state index is -0.0117. The third-order valence-corrected chi connectivity index (χ3v) is 13.6. The van der Waals surface area contributed by atoms with Crippen molar-refractivity contribution in [3.8, 4) is 50.5 Å². The lowest BCUT2D eigenvalue weighted by Gasteiger charge is -2.33. The van der Waals surface area contributed by atoms with E-state index in [-0.39, 0.29) is 12.0 Å². The summed E-state index contributed by atoms with van der Waals surface area (Å²) >= 11 is 0. The lowest BCUT2D eigenvalue weighted by Crippen LogP contribution is -2.47. The second-order valence-electron chi connectivity index (χ2n) is 19.2. The molecule has 11 heterocycles. The first-order valence-corrected chi connectivity index (χ1v) is 25.4. The molecule has 8 N–H and O–H groups in total. The predicted molar refractivity (Wildman–Crippen MR) is 303 cm³/mol. The van der Waals surface area contributed by atoms with Gasteiger partial charge >= 0.3 is 0 Å². The molecule has 0 unspecified atom stereocenters. The molecule has 0 spiro atoms. The summed E-state index contributed by atoms with van der Waals surface area (Å²) < 4.78 is 7.98. The molecule has 394 valence electrons. The quantitative estimate of drug-likeness (QED) is 0.129. The first-order chi connectivity index (χ1) is 36.8. The molecule has 0 aliphatic carbocycles. The zero-order valence-electron chi connectivity index (χ0n) is 44.1. The Morgan fingerprint density at radius 1 is 0.539 bits per heavy atom. The number of amides is 1. The SMILES string of the molecule is CN1CCN(C(=O)c2ccc(-c3ccncc3N)cn2)CC1.CN1CCN(c2ccc(-c3ccncc3N)cn2)CC1.Cc1nc(O[C@H]2CCN(C)C2)ccc1-c1ccncc1N.Cn1cccc1-c1ccncc1N. The van der Waals surface area contributed by atoms with E-state index in [4.69, 9.17) is 27.7 Å². The maximum absolute atomic E-state index is 12.4. The van der Waals surface area contributed by atoms with Crippen LogP contribution in [0.5, 0.6) is 5.88 Å². The lowest BCUT2D eigenvalue weighted by molar-refractivity contribution is 0.0658. The van der Waals surface area contributed by atoms with E-state index in [0.717, 1.165) is 128 Å². The van der Waals surface area contributed by atoms with Gasteiger partial charge in [-0.2, -0.15) is 0 Å². The molecule has 1 atom stereocenters. The van der Waals surface area contributed by atoms with Crippen LogP contribution in [-0.2, 0) is 7.05 Å². The van der Waals surface area contributed by atoms with Gasteiger partial charge in [0.2, 0.25) is 5.88 Å². The smallest absolute Gasteiger partial charge is 0.272 e. The monoisotopic (exact) mass is 1020 g/mol. The molecule has 3 fully saturated rings. The van der Waals surface area contributed by atoms with Crippen LogP contribution in [0.2, 0.25) is 0 Å². The highest BCUT2D eigenvalue weighted by Gasteiger charge is 2.23. The maximum atomic E-state index is 12.4. The summed E-state index contributed by atoms with van der Waals surface area (Å²) in [5.41, 5.74) is 35.6. The van der Waals surface area contributed by atoms with E-state index < -0.39 is 0 Å². The van der Waals surface area contributed by atoms with Crippen molar-refractivity contribution in [1.82, 2.24) is 59.1 Å². The number of piperazine rings is 2. The number of likely N-dealkylation sites (tertiary alicyclic amines) is 1. The van der Waals surface area contributed by atoms with Crippen molar-refractivity contribution in [2.45, 2.75) is 19.4 Å². The number of nitrogen functional groups attached to an aromatic ring is 4. The lowest BCUT2D eigenvalue weighted by atomic mass is 10.0. The molecule has 11 rings (SSSR count). The first-order valence-electron chi connectivity index (χ1n) is 25.4. The Morgan fingerprint density at radius 2 is 1.08 bits per heavy atom. The Labute approximate surface area is 445 Å². The Morgan fingerprint density at radius 3 is 1.55 bits per heavy atom. The van der Waals surface area contributed by atoms with Crippen LogP contribution in [0.25, 0.3) is 44.6 Å². The third kappa shape index (κ3) is 14.0. The molecule has 0 bridgehead atoms. The summed E-state index contributed by atoms with van der Waals surface area (Å²) in [7, 11) is 8.32. The largest absolute Gasteiger partial charge is 0.473 e. The first kappa shape index (κ1) is 53.8. The van der Waals surface area contributed by atoms with Crippen molar-refractivity contribution >= 4 is 34.5 Å². The summed E-state index contributed by atoms with van der Waals surface area (Å²) in [4.78, 5) is 52.8. The molecule has 3 aliphatic heterocycles. The zero-order chi connectivity index (χ0) is 53.6. The number of pyridine rings is 7. The fourth-order valence-corrected chi connectivity index (χ4v) is 9.04. The number of carbonyl (C=O) groups is 1. The number of hydrogen-bond acceptors (Lipinski definition) is 17. The number of nitrogens with zero attached hydrogens (tertiary/aromatic N) is 13. The van der Waals surface area contributed by atoms with Crippen LogP contribution >= 0.6 is 0 Å². The second-order valence-corrected chi connectivity index (χ2v) is 19.2. The van der Waals surface area contributed by atoms with E-state index >= 15 is 0 Å². The van der Waals surface area contributed by atoms with E-state index in [1.165, 1.54) is 0 Å². The number of aryl methyl sites for hydroxylation is 2. The van der Waals surface area contributed by atoms with Crippen molar-refractivity contribution in [2.24, 2.45) is 7.05 Å². The number of anilines is 5. The average Bonchev–Trinajstić information content (AvgIpc) is 4.07. The summed E-state index contributed by atoms with van der Waals surface area (Å²) in [5, 5.41) is 0. The van der Waals surface area contributed by atoms with Crippen LogP contribution < -0.4 is 32.6 Å². The number of likely N-dealkylation sites (N-methyl/N-ethyl adjacent to an activating group) is 3. The molecule has 19 nitrogen and oxygen atoms in total. The van der Waals surface area contributed by atoms with Crippen LogP contribution in [0.1, 0.15) is 22.6 Å². The predicted octanol–water partition coefficient (Wildman–Crippen LogP) is 6.38. The molecule has 0 aromatic carbocycles. The van der Waals surface area contributed by atoms with Crippen molar-refractivity contribution in [1.29, 1.82) is 0 Å². The molecule has 3 saturated heterocycles. The summed E-state index contributed by atoms with van der Waals surface area (Å²) in [6.07, 6.45) is 20.4. The number of rotatable bonds is 8. The minimum Gasteiger partial charge on any atom is -0.473 e. The van der Waals surface area contributed by atoms with Gasteiger partial charge in [-0.05, 0) is 95.2 Å². The topological polar surface area (TPSA) is 242 Å². The summed E-state index contributed by atoms with van der Waals surface area (Å²) in [6, 6.07) is 23.3. The second kappa shape index (κ2) is 25.6. The molecule has 8 aromatic rings. The van der Waals surface area contributed by atoms with Gasteiger partial charge in [0.1, 0.15) is 17.6 Å². The molecule has 0 radical (unpaired) electrons.